The standard InChI is InChI=1S/C9H10Br2O3/c1-5(10)9(11)7-3-6(13-2)4-8(12)14-7/h3-5,9H,1-2H3. The minimum atomic E-state index is -0.406. The lowest BCUT2D eigenvalue weighted by molar-refractivity contribution is 0.392. The van der Waals surface area contributed by atoms with Crippen LogP contribution in [0, 0.1) is 0 Å². The van der Waals surface area contributed by atoms with Gasteiger partial charge in [-0.1, -0.05) is 38.8 Å². The molecule has 1 rings (SSSR count). The first kappa shape index (κ1) is 11.8. The van der Waals surface area contributed by atoms with Crippen molar-refractivity contribution in [3.8, 4) is 5.75 Å². The van der Waals surface area contributed by atoms with E-state index in [0.717, 1.165) is 0 Å². The normalized spacial score (nSPS) is 14.9. The summed E-state index contributed by atoms with van der Waals surface area (Å²) < 4.78 is 10.00. The highest BCUT2D eigenvalue weighted by Gasteiger charge is 2.17. The minimum absolute atomic E-state index is 0.0506. The summed E-state index contributed by atoms with van der Waals surface area (Å²) in [5.74, 6) is 1.06. The maximum atomic E-state index is 11.1. The molecule has 78 valence electrons. The van der Waals surface area contributed by atoms with Crippen LogP contribution in [0.3, 0.4) is 0 Å². The van der Waals surface area contributed by atoms with Gasteiger partial charge >= 0.3 is 5.63 Å². The fraction of sp³-hybridized carbons (Fsp3) is 0.444. The summed E-state index contributed by atoms with van der Waals surface area (Å²) in [7, 11) is 1.51. The van der Waals surface area contributed by atoms with Crippen LogP contribution in [0.1, 0.15) is 17.5 Å². The van der Waals surface area contributed by atoms with Crippen molar-refractivity contribution in [1.82, 2.24) is 0 Å². The Hall–Kier alpha value is -0.290. The second-order valence-corrected chi connectivity index (χ2v) is 5.23. The molecule has 0 bridgehead atoms. The van der Waals surface area contributed by atoms with E-state index >= 15 is 0 Å². The molecule has 1 heterocycles. The molecule has 0 aliphatic carbocycles. The Kier molecular flexibility index (Phi) is 4.19. The molecular weight excluding hydrogens is 316 g/mol. The third kappa shape index (κ3) is 2.85. The van der Waals surface area contributed by atoms with Gasteiger partial charge in [-0.25, -0.2) is 4.79 Å². The first-order valence-electron chi connectivity index (χ1n) is 4.02. The van der Waals surface area contributed by atoms with Crippen LogP contribution in [0.4, 0.5) is 0 Å². The lowest BCUT2D eigenvalue weighted by Crippen LogP contribution is -2.07. The van der Waals surface area contributed by atoms with E-state index in [1.54, 1.807) is 6.07 Å². The van der Waals surface area contributed by atoms with E-state index in [1.807, 2.05) is 6.92 Å². The Morgan fingerprint density at radius 1 is 1.43 bits per heavy atom. The van der Waals surface area contributed by atoms with Gasteiger partial charge in [0, 0.05) is 10.9 Å². The third-order valence-corrected chi connectivity index (χ3v) is 4.16. The maximum Gasteiger partial charge on any atom is 0.339 e. The van der Waals surface area contributed by atoms with Crippen LogP contribution in [0.2, 0.25) is 0 Å². The number of halogens is 2. The first-order chi connectivity index (χ1) is 6.54. The average Bonchev–Trinajstić information content (AvgIpc) is 2.15. The summed E-state index contributed by atoms with van der Waals surface area (Å²) >= 11 is 6.81. The summed E-state index contributed by atoms with van der Waals surface area (Å²) in [4.78, 5) is 11.2. The zero-order chi connectivity index (χ0) is 10.7. The number of alkyl halides is 2. The number of rotatable bonds is 3. The van der Waals surface area contributed by atoms with E-state index < -0.39 is 5.63 Å². The van der Waals surface area contributed by atoms with Gasteiger partial charge in [-0.05, 0) is 0 Å². The molecule has 14 heavy (non-hydrogen) atoms. The van der Waals surface area contributed by atoms with Gasteiger partial charge in [0.2, 0.25) is 0 Å². The second kappa shape index (κ2) is 4.98. The number of ether oxygens (including phenoxy) is 1. The van der Waals surface area contributed by atoms with E-state index in [2.05, 4.69) is 31.9 Å². The summed E-state index contributed by atoms with van der Waals surface area (Å²) in [6, 6.07) is 3.00. The molecular formula is C9H10Br2O3. The average molecular weight is 326 g/mol. The molecule has 0 saturated heterocycles. The van der Waals surface area contributed by atoms with Crippen molar-refractivity contribution >= 4 is 31.9 Å². The molecule has 0 spiro atoms. The van der Waals surface area contributed by atoms with Gasteiger partial charge in [-0.3, -0.25) is 0 Å². The Morgan fingerprint density at radius 2 is 2.07 bits per heavy atom. The van der Waals surface area contributed by atoms with Gasteiger partial charge in [0.25, 0.3) is 0 Å². The highest BCUT2D eigenvalue weighted by atomic mass is 79.9. The summed E-state index contributed by atoms with van der Waals surface area (Å²) in [5, 5.41) is 0. The van der Waals surface area contributed by atoms with Gasteiger partial charge in [0.05, 0.1) is 18.0 Å². The van der Waals surface area contributed by atoms with Crippen LogP contribution in [0.15, 0.2) is 21.3 Å². The Labute approximate surface area is 98.7 Å². The number of hydrogen-bond donors (Lipinski definition) is 0. The Bertz CT molecular complexity index is 359. The van der Waals surface area contributed by atoms with Crippen molar-refractivity contribution in [2.24, 2.45) is 0 Å². The largest absolute Gasteiger partial charge is 0.496 e. The molecule has 0 N–H and O–H groups in total. The molecule has 0 amide bonds. The van der Waals surface area contributed by atoms with Gasteiger partial charge in [0.15, 0.2) is 0 Å². The molecule has 0 aliphatic heterocycles. The van der Waals surface area contributed by atoms with Crippen LogP contribution in [0.25, 0.3) is 0 Å². The van der Waals surface area contributed by atoms with E-state index in [4.69, 9.17) is 9.15 Å². The SMILES string of the molecule is COc1cc(C(Br)C(C)Br)oc(=O)c1. The van der Waals surface area contributed by atoms with Gasteiger partial charge in [0.1, 0.15) is 11.5 Å². The van der Waals surface area contributed by atoms with Crippen LogP contribution in [0.5, 0.6) is 5.75 Å². The molecule has 2 atom stereocenters. The quantitative estimate of drug-likeness (QED) is 0.802. The highest BCUT2D eigenvalue weighted by Crippen LogP contribution is 2.31. The van der Waals surface area contributed by atoms with Crippen LogP contribution in [-0.2, 0) is 0 Å². The molecule has 3 nitrogen and oxygen atoms in total. The van der Waals surface area contributed by atoms with Crippen LogP contribution >= 0.6 is 31.9 Å². The van der Waals surface area contributed by atoms with Gasteiger partial charge < -0.3 is 9.15 Å². The highest BCUT2D eigenvalue weighted by molar-refractivity contribution is 9.12. The van der Waals surface area contributed by atoms with Crippen molar-refractivity contribution in [2.75, 3.05) is 7.11 Å². The first-order valence-corrected chi connectivity index (χ1v) is 5.85. The molecule has 0 aromatic carbocycles. The lowest BCUT2D eigenvalue weighted by atomic mass is 10.2. The van der Waals surface area contributed by atoms with E-state index in [9.17, 15) is 4.79 Å². The molecule has 0 radical (unpaired) electrons. The number of hydrogen-bond acceptors (Lipinski definition) is 3. The Balaban J connectivity index is 3.09. The zero-order valence-corrected chi connectivity index (χ0v) is 11.0. The number of methoxy groups -OCH3 is 1. The fourth-order valence-electron chi connectivity index (χ4n) is 0.953. The van der Waals surface area contributed by atoms with Crippen molar-refractivity contribution < 1.29 is 9.15 Å². The van der Waals surface area contributed by atoms with Gasteiger partial charge in [-0.2, -0.15) is 0 Å². The summed E-state index contributed by atoms with van der Waals surface area (Å²) in [6.07, 6.45) is 0. The molecule has 1 aromatic rings. The fourth-order valence-corrected chi connectivity index (χ4v) is 1.44. The smallest absolute Gasteiger partial charge is 0.339 e. The van der Waals surface area contributed by atoms with Crippen molar-refractivity contribution in [3.63, 3.8) is 0 Å². The van der Waals surface area contributed by atoms with E-state index in [1.165, 1.54) is 13.2 Å². The molecule has 0 aliphatic rings. The predicted octanol–water partition coefficient (Wildman–Crippen LogP) is 2.87. The Morgan fingerprint density at radius 3 is 2.57 bits per heavy atom. The molecule has 2 unspecified atom stereocenters. The zero-order valence-electron chi connectivity index (χ0n) is 7.79. The topological polar surface area (TPSA) is 39.4 Å². The van der Waals surface area contributed by atoms with Crippen molar-refractivity contribution in [3.05, 3.63) is 28.3 Å². The molecule has 5 heteroatoms. The van der Waals surface area contributed by atoms with E-state index in [0.29, 0.717) is 11.5 Å². The molecule has 1 aromatic heterocycles. The maximum absolute atomic E-state index is 11.1. The minimum Gasteiger partial charge on any atom is -0.496 e. The monoisotopic (exact) mass is 324 g/mol. The van der Waals surface area contributed by atoms with Crippen LogP contribution in [-0.4, -0.2) is 11.9 Å². The lowest BCUT2D eigenvalue weighted by Gasteiger charge is -2.11. The van der Waals surface area contributed by atoms with E-state index in [-0.39, 0.29) is 9.65 Å². The predicted molar refractivity (Wildman–Crippen MR) is 61.6 cm³/mol. The summed E-state index contributed by atoms with van der Waals surface area (Å²) in [5.41, 5.74) is -0.406. The van der Waals surface area contributed by atoms with Gasteiger partial charge in [-0.15, -0.1) is 0 Å². The molecule has 0 saturated carbocycles. The van der Waals surface area contributed by atoms with Crippen molar-refractivity contribution in [1.29, 1.82) is 0 Å². The van der Waals surface area contributed by atoms with Crippen LogP contribution < -0.4 is 10.4 Å². The third-order valence-electron chi connectivity index (χ3n) is 1.67. The summed E-state index contributed by atoms with van der Waals surface area (Å²) in [6.45, 7) is 1.96. The molecule has 0 fully saturated rings. The van der Waals surface area contributed by atoms with Crippen molar-refractivity contribution in [2.45, 2.75) is 16.6 Å². The second-order valence-electron chi connectivity index (χ2n) is 2.80.